The van der Waals surface area contributed by atoms with E-state index in [1.807, 2.05) is 36.1 Å². The van der Waals surface area contributed by atoms with Gasteiger partial charge in [0.15, 0.2) is 0 Å². The van der Waals surface area contributed by atoms with Crippen molar-refractivity contribution in [3.63, 3.8) is 0 Å². The first kappa shape index (κ1) is 15.8. The first-order chi connectivity index (χ1) is 10.1. The van der Waals surface area contributed by atoms with Crippen LogP contribution in [0.1, 0.15) is 31.7 Å². The zero-order chi connectivity index (χ0) is 15.2. The number of benzene rings is 1. The summed E-state index contributed by atoms with van der Waals surface area (Å²) in [5.74, 6) is 0.266. The van der Waals surface area contributed by atoms with E-state index in [1.165, 1.54) is 0 Å². The first-order valence-corrected chi connectivity index (χ1v) is 7.78. The van der Waals surface area contributed by atoms with Crippen molar-refractivity contribution in [1.29, 1.82) is 0 Å². The van der Waals surface area contributed by atoms with Gasteiger partial charge in [-0.15, -0.1) is 0 Å². The van der Waals surface area contributed by atoms with E-state index >= 15 is 0 Å². The molecule has 2 amide bonds. The predicted molar refractivity (Wildman–Crippen MR) is 82.9 cm³/mol. The van der Waals surface area contributed by atoms with E-state index in [0.29, 0.717) is 31.1 Å². The summed E-state index contributed by atoms with van der Waals surface area (Å²) in [5, 5.41) is 3.65. The maximum absolute atomic E-state index is 12.1. The molecule has 1 N–H and O–H groups in total. The molecule has 4 nitrogen and oxygen atoms in total. The van der Waals surface area contributed by atoms with Crippen LogP contribution in [0.2, 0.25) is 5.02 Å². The number of hydrogen-bond acceptors (Lipinski definition) is 2. The van der Waals surface area contributed by atoms with Crippen LogP contribution in [0, 0.1) is 5.92 Å². The SMILES string of the molecule is CCC(=O)N1CCC(C(=O)NCc2ccc(Cl)cc2)CC1. The number of halogens is 1. The van der Waals surface area contributed by atoms with Crippen LogP contribution in [-0.2, 0) is 16.1 Å². The number of amides is 2. The molecule has 1 saturated heterocycles. The fourth-order valence-corrected chi connectivity index (χ4v) is 2.68. The molecule has 0 aliphatic carbocycles. The fourth-order valence-electron chi connectivity index (χ4n) is 2.55. The number of likely N-dealkylation sites (tertiary alicyclic amines) is 1. The fraction of sp³-hybridized carbons (Fsp3) is 0.500. The minimum absolute atomic E-state index is 0.0122. The Morgan fingerprint density at radius 2 is 1.86 bits per heavy atom. The topological polar surface area (TPSA) is 49.4 Å². The maximum atomic E-state index is 12.1. The van der Waals surface area contributed by atoms with E-state index < -0.39 is 0 Å². The minimum Gasteiger partial charge on any atom is -0.352 e. The number of hydrogen-bond donors (Lipinski definition) is 1. The molecule has 0 bridgehead atoms. The zero-order valence-corrected chi connectivity index (χ0v) is 13.0. The van der Waals surface area contributed by atoms with Crippen LogP contribution in [0.5, 0.6) is 0 Å². The van der Waals surface area contributed by atoms with Crippen molar-refractivity contribution in [3.05, 3.63) is 34.9 Å². The molecule has 2 rings (SSSR count). The molecule has 1 aliphatic rings. The number of carbonyl (C=O) groups excluding carboxylic acids is 2. The molecule has 0 atom stereocenters. The van der Waals surface area contributed by atoms with E-state index in [1.54, 1.807) is 0 Å². The van der Waals surface area contributed by atoms with Gasteiger partial charge in [0.2, 0.25) is 11.8 Å². The molecule has 1 aromatic carbocycles. The number of nitrogens with zero attached hydrogens (tertiary/aromatic N) is 1. The molecule has 21 heavy (non-hydrogen) atoms. The summed E-state index contributed by atoms with van der Waals surface area (Å²) in [7, 11) is 0. The smallest absolute Gasteiger partial charge is 0.223 e. The van der Waals surface area contributed by atoms with E-state index in [-0.39, 0.29) is 17.7 Å². The third-order valence-corrected chi connectivity index (χ3v) is 4.15. The average Bonchev–Trinajstić information content (AvgIpc) is 2.53. The Hall–Kier alpha value is -1.55. The van der Waals surface area contributed by atoms with Gasteiger partial charge in [-0.3, -0.25) is 9.59 Å². The molecule has 0 radical (unpaired) electrons. The summed E-state index contributed by atoms with van der Waals surface area (Å²) >= 11 is 5.83. The number of piperidine rings is 1. The lowest BCUT2D eigenvalue weighted by atomic mass is 9.95. The molecule has 5 heteroatoms. The molecule has 0 aromatic heterocycles. The van der Waals surface area contributed by atoms with Crippen molar-refractivity contribution in [1.82, 2.24) is 10.2 Å². The van der Waals surface area contributed by atoms with E-state index in [9.17, 15) is 9.59 Å². The minimum atomic E-state index is 0.0122. The molecule has 1 aromatic rings. The monoisotopic (exact) mass is 308 g/mol. The Morgan fingerprint density at radius 3 is 2.43 bits per heavy atom. The Kier molecular flexibility index (Phi) is 5.62. The van der Waals surface area contributed by atoms with Crippen molar-refractivity contribution in [2.75, 3.05) is 13.1 Å². The second-order valence-corrected chi connectivity index (χ2v) is 5.79. The average molecular weight is 309 g/mol. The lowest BCUT2D eigenvalue weighted by Gasteiger charge is -2.31. The number of nitrogens with one attached hydrogen (secondary N) is 1. The van der Waals surface area contributed by atoms with Gasteiger partial charge in [-0.2, -0.15) is 0 Å². The van der Waals surface area contributed by atoms with Crippen molar-refractivity contribution in [2.24, 2.45) is 5.92 Å². The lowest BCUT2D eigenvalue weighted by Crippen LogP contribution is -2.42. The largest absolute Gasteiger partial charge is 0.352 e. The van der Waals surface area contributed by atoms with Gasteiger partial charge in [-0.1, -0.05) is 30.7 Å². The van der Waals surface area contributed by atoms with E-state index in [0.717, 1.165) is 18.4 Å². The second-order valence-electron chi connectivity index (χ2n) is 5.35. The predicted octanol–water partition coefficient (Wildman–Crippen LogP) is 2.60. The molecule has 0 saturated carbocycles. The third kappa shape index (κ3) is 4.46. The van der Waals surface area contributed by atoms with Crippen molar-refractivity contribution >= 4 is 23.4 Å². The highest BCUT2D eigenvalue weighted by Crippen LogP contribution is 2.18. The molecular formula is C16H21ClN2O2. The van der Waals surface area contributed by atoms with Crippen molar-refractivity contribution in [3.8, 4) is 0 Å². The number of rotatable bonds is 4. The highest BCUT2D eigenvalue weighted by molar-refractivity contribution is 6.30. The number of carbonyl (C=O) groups is 2. The molecule has 114 valence electrons. The van der Waals surface area contributed by atoms with Gasteiger partial charge in [0.25, 0.3) is 0 Å². The van der Waals surface area contributed by atoms with Gasteiger partial charge in [0, 0.05) is 37.0 Å². The first-order valence-electron chi connectivity index (χ1n) is 7.40. The zero-order valence-electron chi connectivity index (χ0n) is 12.3. The van der Waals surface area contributed by atoms with Crippen LogP contribution in [-0.4, -0.2) is 29.8 Å². The van der Waals surface area contributed by atoms with Gasteiger partial charge in [-0.05, 0) is 30.5 Å². The summed E-state index contributed by atoms with van der Waals surface area (Å²) < 4.78 is 0. The van der Waals surface area contributed by atoms with Crippen LogP contribution in [0.4, 0.5) is 0 Å². The maximum Gasteiger partial charge on any atom is 0.223 e. The highest BCUT2D eigenvalue weighted by Gasteiger charge is 2.26. The normalized spacial score (nSPS) is 15.8. The summed E-state index contributed by atoms with van der Waals surface area (Å²) in [5.41, 5.74) is 1.03. The Labute approximate surface area is 130 Å². The van der Waals surface area contributed by atoms with E-state index in [2.05, 4.69) is 5.32 Å². The Bertz CT molecular complexity index is 494. The summed E-state index contributed by atoms with van der Waals surface area (Å²) in [6.07, 6.45) is 2.03. The molecule has 1 fully saturated rings. The molecular weight excluding hydrogens is 288 g/mol. The van der Waals surface area contributed by atoms with Gasteiger partial charge in [0.05, 0.1) is 0 Å². The summed E-state index contributed by atoms with van der Waals surface area (Å²) in [4.78, 5) is 25.6. The van der Waals surface area contributed by atoms with Gasteiger partial charge < -0.3 is 10.2 Å². The van der Waals surface area contributed by atoms with E-state index in [4.69, 9.17) is 11.6 Å². The van der Waals surface area contributed by atoms with Crippen LogP contribution in [0.25, 0.3) is 0 Å². The van der Waals surface area contributed by atoms with Gasteiger partial charge >= 0.3 is 0 Å². The highest BCUT2D eigenvalue weighted by atomic mass is 35.5. The van der Waals surface area contributed by atoms with Crippen LogP contribution in [0.15, 0.2) is 24.3 Å². The lowest BCUT2D eigenvalue weighted by molar-refractivity contribution is -0.135. The quantitative estimate of drug-likeness (QED) is 0.929. The van der Waals surface area contributed by atoms with Crippen LogP contribution >= 0.6 is 11.6 Å². The molecule has 0 unspecified atom stereocenters. The molecule has 1 aliphatic heterocycles. The second kappa shape index (κ2) is 7.46. The third-order valence-electron chi connectivity index (χ3n) is 3.90. The van der Waals surface area contributed by atoms with Crippen molar-refractivity contribution in [2.45, 2.75) is 32.7 Å². The summed E-state index contributed by atoms with van der Waals surface area (Å²) in [6.45, 7) is 3.76. The van der Waals surface area contributed by atoms with Gasteiger partial charge in [-0.25, -0.2) is 0 Å². The summed E-state index contributed by atoms with van der Waals surface area (Å²) in [6, 6.07) is 7.45. The Balaban J connectivity index is 1.77. The van der Waals surface area contributed by atoms with Crippen LogP contribution < -0.4 is 5.32 Å². The molecule has 1 heterocycles. The van der Waals surface area contributed by atoms with Crippen LogP contribution in [0.3, 0.4) is 0 Å². The van der Waals surface area contributed by atoms with Gasteiger partial charge in [0.1, 0.15) is 0 Å². The molecule has 0 spiro atoms. The standard InChI is InChI=1S/C16H21ClN2O2/c1-2-15(20)19-9-7-13(8-10-19)16(21)18-11-12-3-5-14(17)6-4-12/h3-6,13H,2,7-11H2,1H3,(H,18,21). The van der Waals surface area contributed by atoms with Crippen molar-refractivity contribution < 1.29 is 9.59 Å². The Morgan fingerprint density at radius 1 is 1.24 bits per heavy atom.